The molecule has 0 aliphatic carbocycles. The number of allylic oxidation sites excluding steroid dienone is 2. The second-order valence-corrected chi connectivity index (χ2v) is 20.0. The summed E-state index contributed by atoms with van der Waals surface area (Å²) in [6.07, 6.45) is 37.0. The second kappa shape index (κ2) is 41.6. The maximum absolute atomic E-state index is 12.8. The summed E-state index contributed by atoms with van der Waals surface area (Å²) in [7, 11) is -4.60. The molecule has 0 saturated carbocycles. The molecular weight excluding hydrogens is 837 g/mol. The molecule has 0 amide bonds. The molecule has 13 heteroatoms. The third-order valence-electron chi connectivity index (χ3n) is 12.3. The minimum absolute atomic E-state index is 0.158. The van der Waals surface area contributed by atoms with Gasteiger partial charge in [0.05, 0.1) is 6.61 Å². The van der Waals surface area contributed by atoms with Gasteiger partial charge in [-0.15, -0.1) is 0 Å². The Bertz CT molecular complexity index is 1230. The Morgan fingerprint density at radius 3 is 1.33 bits per heavy atom. The zero-order valence-electron chi connectivity index (χ0n) is 40.7. The van der Waals surface area contributed by atoms with E-state index in [-0.39, 0.29) is 19.4 Å². The van der Waals surface area contributed by atoms with Gasteiger partial charge in [0.15, 0.2) is 12.4 Å². The normalized spacial score (nSPS) is 19.6. The molecule has 64 heavy (non-hydrogen) atoms. The van der Waals surface area contributed by atoms with Gasteiger partial charge in [0, 0.05) is 12.8 Å². The Hall–Kier alpha value is -1.61. The van der Waals surface area contributed by atoms with Crippen molar-refractivity contribution in [2.75, 3.05) is 19.0 Å². The SMILES string of the molecule is CCCCC/C=C\CCCCCCCC(=O)OC(COC(=O)CCCCCCCCCCCCCCCCCCCCCCCCCC)COC1OC(CS(=O)(=O)O)C(O)C(O)C1O. The first-order valence-corrected chi connectivity index (χ1v) is 27.9. The molecule has 4 N–H and O–H groups in total. The van der Waals surface area contributed by atoms with Gasteiger partial charge < -0.3 is 34.3 Å². The predicted octanol–water partition coefficient (Wildman–Crippen LogP) is 11.8. The van der Waals surface area contributed by atoms with Crippen LogP contribution in [0.5, 0.6) is 0 Å². The molecule has 378 valence electrons. The lowest BCUT2D eigenvalue weighted by atomic mass is 10.00. The first-order chi connectivity index (χ1) is 31.0. The van der Waals surface area contributed by atoms with E-state index in [2.05, 4.69) is 26.0 Å². The second-order valence-electron chi connectivity index (χ2n) is 18.5. The highest BCUT2D eigenvalue weighted by molar-refractivity contribution is 7.85. The highest BCUT2D eigenvalue weighted by Gasteiger charge is 2.46. The van der Waals surface area contributed by atoms with Crippen molar-refractivity contribution in [3.05, 3.63) is 12.2 Å². The third-order valence-corrected chi connectivity index (χ3v) is 13.1. The zero-order chi connectivity index (χ0) is 46.9. The average Bonchev–Trinajstić information content (AvgIpc) is 3.26. The molecule has 0 aromatic heterocycles. The van der Waals surface area contributed by atoms with Crippen molar-refractivity contribution in [2.24, 2.45) is 0 Å². The molecule has 6 unspecified atom stereocenters. The van der Waals surface area contributed by atoms with Crippen LogP contribution in [0.15, 0.2) is 12.2 Å². The number of hydrogen-bond donors (Lipinski definition) is 4. The summed E-state index contributed by atoms with van der Waals surface area (Å²) in [6.45, 7) is 3.76. The molecule has 0 radical (unpaired) electrons. The Kier molecular flexibility index (Phi) is 39.2. The zero-order valence-corrected chi connectivity index (χ0v) is 41.5. The van der Waals surface area contributed by atoms with Crippen LogP contribution < -0.4 is 0 Å². The van der Waals surface area contributed by atoms with Gasteiger partial charge in [-0.05, 0) is 38.5 Å². The van der Waals surface area contributed by atoms with E-state index in [0.29, 0.717) is 12.8 Å². The van der Waals surface area contributed by atoms with Gasteiger partial charge in [0.2, 0.25) is 0 Å². The number of rotatable bonds is 45. The molecule has 1 heterocycles. The van der Waals surface area contributed by atoms with E-state index in [1.54, 1.807) is 0 Å². The van der Waals surface area contributed by atoms with Gasteiger partial charge in [-0.2, -0.15) is 8.42 Å². The monoisotopic (exact) mass is 933 g/mol. The maximum atomic E-state index is 12.8. The largest absolute Gasteiger partial charge is 0.462 e. The van der Waals surface area contributed by atoms with Crippen molar-refractivity contribution >= 4 is 22.1 Å². The van der Waals surface area contributed by atoms with Crippen LogP contribution in [0.25, 0.3) is 0 Å². The van der Waals surface area contributed by atoms with E-state index in [0.717, 1.165) is 57.8 Å². The summed E-state index contributed by atoms with van der Waals surface area (Å²) in [5.41, 5.74) is 0. The maximum Gasteiger partial charge on any atom is 0.306 e. The number of carbonyl (C=O) groups excluding carboxylic acids is 2. The van der Waals surface area contributed by atoms with Gasteiger partial charge in [-0.25, -0.2) is 0 Å². The van der Waals surface area contributed by atoms with Crippen LogP contribution in [0, 0.1) is 0 Å². The predicted molar refractivity (Wildman–Crippen MR) is 257 cm³/mol. The molecule has 0 aromatic carbocycles. The van der Waals surface area contributed by atoms with Crippen molar-refractivity contribution in [1.29, 1.82) is 0 Å². The molecule has 6 atom stereocenters. The summed E-state index contributed by atoms with van der Waals surface area (Å²) >= 11 is 0. The van der Waals surface area contributed by atoms with Crippen molar-refractivity contribution in [3.63, 3.8) is 0 Å². The van der Waals surface area contributed by atoms with Gasteiger partial charge in [0.1, 0.15) is 36.8 Å². The van der Waals surface area contributed by atoms with Gasteiger partial charge in [-0.3, -0.25) is 14.1 Å². The van der Waals surface area contributed by atoms with Crippen LogP contribution in [0.3, 0.4) is 0 Å². The fourth-order valence-corrected chi connectivity index (χ4v) is 8.95. The first-order valence-electron chi connectivity index (χ1n) is 26.2. The van der Waals surface area contributed by atoms with Crippen molar-refractivity contribution in [2.45, 2.75) is 282 Å². The lowest BCUT2D eigenvalue weighted by Crippen LogP contribution is -2.60. The highest BCUT2D eigenvalue weighted by Crippen LogP contribution is 2.24. The highest BCUT2D eigenvalue weighted by atomic mass is 32.2. The molecular formula is C51H96O12S. The van der Waals surface area contributed by atoms with Crippen molar-refractivity contribution < 1.29 is 56.8 Å². The third kappa shape index (κ3) is 35.6. The number of hydrogen-bond acceptors (Lipinski definition) is 11. The average molecular weight is 933 g/mol. The quantitative estimate of drug-likeness (QED) is 0.0196. The minimum Gasteiger partial charge on any atom is -0.462 e. The van der Waals surface area contributed by atoms with Gasteiger partial charge in [0.25, 0.3) is 10.1 Å². The number of esters is 2. The van der Waals surface area contributed by atoms with Gasteiger partial charge >= 0.3 is 11.9 Å². The van der Waals surface area contributed by atoms with Gasteiger partial charge in [-0.1, -0.05) is 206 Å². The van der Waals surface area contributed by atoms with Crippen LogP contribution in [-0.4, -0.2) is 96.0 Å². The summed E-state index contributed by atoms with van der Waals surface area (Å²) in [6, 6.07) is 0. The molecule has 1 saturated heterocycles. The van der Waals surface area contributed by atoms with Crippen LogP contribution in [-0.2, 0) is 38.7 Å². The molecule has 0 aromatic rings. The standard InChI is InChI=1S/C51H96O12S/c1-3-5-7-9-11-13-15-17-18-19-20-21-22-23-24-25-26-27-28-30-31-33-35-37-39-46(52)60-41-44(42-61-51-50(56)49(55)48(54)45(63-51)43-64(57,58)59)62-47(53)40-38-36-34-32-29-16-14-12-10-8-6-4-2/h12,14,44-45,48-51,54-56H,3-11,13,15-43H2,1-2H3,(H,57,58,59)/b14-12-. The van der Waals surface area contributed by atoms with E-state index >= 15 is 0 Å². The Balaban J connectivity index is 2.28. The van der Waals surface area contributed by atoms with Crippen LogP contribution >= 0.6 is 0 Å². The Morgan fingerprint density at radius 1 is 0.516 bits per heavy atom. The van der Waals surface area contributed by atoms with Crippen molar-refractivity contribution in [1.82, 2.24) is 0 Å². The Labute approximate surface area is 390 Å². The van der Waals surface area contributed by atoms with E-state index < -0.39 is 71.2 Å². The molecule has 0 spiro atoms. The fraction of sp³-hybridized carbons (Fsp3) is 0.922. The van der Waals surface area contributed by atoms with Crippen LogP contribution in [0.2, 0.25) is 0 Å². The van der Waals surface area contributed by atoms with Crippen LogP contribution in [0.1, 0.15) is 245 Å². The number of unbranched alkanes of at least 4 members (excludes halogenated alkanes) is 31. The summed E-state index contributed by atoms with van der Waals surface area (Å²) in [5.74, 6) is -1.98. The van der Waals surface area contributed by atoms with E-state index in [9.17, 15) is 37.9 Å². The minimum atomic E-state index is -4.60. The summed E-state index contributed by atoms with van der Waals surface area (Å²) in [5, 5.41) is 30.9. The van der Waals surface area contributed by atoms with E-state index in [1.807, 2.05) is 0 Å². The fourth-order valence-electron chi connectivity index (χ4n) is 8.26. The topological polar surface area (TPSA) is 186 Å². The number of ether oxygens (including phenoxy) is 4. The summed E-state index contributed by atoms with van der Waals surface area (Å²) in [4.78, 5) is 25.5. The summed E-state index contributed by atoms with van der Waals surface area (Å²) < 4.78 is 54.2. The molecule has 1 rings (SSSR count). The lowest BCUT2D eigenvalue weighted by Gasteiger charge is -2.40. The van der Waals surface area contributed by atoms with E-state index in [1.165, 1.54) is 148 Å². The number of aliphatic hydroxyl groups excluding tert-OH is 3. The van der Waals surface area contributed by atoms with Crippen LogP contribution in [0.4, 0.5) is 0 Å². The first kappa shape index (κ1) is 60.4. The van der Waals surface area contributed by atoms with Crippen molar-refractivity contribution in [3.8, 4) is 0 Å². The molecule has 1 fully saturated rings. The lowest BCUT2D eigenvalue weighted by molar-refractivity contribution is -0.297. The smallest absolute Gasteiger partial charge is 0.306 e. The molecule has 1 aliphatic rings. The number of aliphatic hydroxyl groups is 3. The number of carbonyl (C=O) groups is 2. The molecule has 1 aliphatic heterocycles. The molecule has 0 bridgehead atoms. The molecule has 12 nitrogen and oxygen atoms in total. The van der Waals surface area contributed by atoms with E-state index in [4.69, 9.17) is 18.9 Å². The Morgan fingerprint density at radius 2 is 0.891 bits per heavy atom.